The summed E-state index contributed by atoms with van der Waals surface area (Å²) >= 11 is 0. The summed E-state index contributed by atoms with van der Waals surface area (Å²) in [6.07, 6.45) is -0.520. The normalized spacial score (nSPS) is 16.5. The predicted molar refractivity (Wildman–Crippen MR) is 125 cm³/mol. The third-order valence-corrected chi connectivity index (χ3v) is 5.89. The van der Waals surface area contributed by atoms with E-state index < -0.39 is 5.60 Å². The Kier molecular flexibility index (Phi) is 6.88. The van der Waals surface area contributed by atoms with Crippen LogP contribution in [0, 0.1) is 0 Å². The van der Waals surface area contributed by atoms with Crippen LogP contribution in [0.1, 0.15) is 43.0 Å². The molecule has 2 aliphatic rings. The van der Waals surface area contributed by atoms with Crippen molar-refractivity contribution >= 4 is 12.2 Å². The van der Waals surface area contributed by atoms with Crippen LogP contribution in [0.3, 0.4) is 0 Å². The van der Waals surface area contributed by atoms with E-state index in [-0.39, 0.29) is 18.8 Å². The third-order valence-electron chi connectivity index (χ3n) is 5.89. The van der Waals surface area contributed by atoms with Gasteiger partial charge in [0.1, 0.15) is 12.2 Å². The van der Waals surface area contributed by atoms with Crippen molar-refractivity contribution in [2.45, 2.75) is 52.6 Å². The highest BCUT2D eigenvalue weighted by Crippen LogP contribution is 2.25. The van der Waals surface area contributed by atoms with Crippen LogP contribution in [0.25, 0.3) is 0 Å². The Hall–Kier alpha value is -3.06. The molecule has 1 saturated heterocycles. The largest absolute Gasteiger partial charge is 0.445 e. The van der Waals surface area contributed by atoms with Crippen molar-refractivity contribution in [1.29, 1.82) is 0 Å². The lowest BCUT2D eigenvalue weighted by Crippen LogP contribution is -2.49. The number of ether oxygens (including phenoxy) is 2. The van der Waals surface area contributed by atoms with E-state index in [9.17, 15) is 9.59 Å². The summed E-state index contributed by atoms with van der Waals surface area (Å²) in [5.41, 5.74) is 4.08. The fourth-order valence-corrected chi connectivity index (χ4v) is 4.16. The highest BCUT2D eigenvalue weighted by atomic mass is 16.6. The number of amides is 2. The number of hydrogen-bond donors (Lipinski definition) is 0. The molecule has 176 valence electrons. The highest BCUT2D eigenvalue weighted by molar-refractivity contribution is 5.69. The number of carbonyl (C=O) groups excluding carboxylic acids is 2. The van der Waals surface area contributed by atoms with Crippen molar-refractivity contribution < 1.29 is 19.1 Å². The van der Waals surface area contributed by atoms with Gasteiger partial charge in [0, 0.05) is 45.8 Å². The molecule has 4 rings (SSSR count). The molecule has 0 N–H and O–H groups in total. The fourth-order valence-electron chi connectivity index (χ4n) is 4.16. The SMILES string of the molecule is CC(C)(C)OC(=O)N1CCN(Cc2ccc3c(c2)CN(C(=O)OCc2ccccc2)C3)CC1. The Morgan fingerprint density at radius 2 is 1.52 bits per heavy atom. The van der Waals surface area contributed by atoms with Crippen LogP contribution in [0.4, 0.5) is 9.59 Å². The molecule has 0 spiro atoms. The van der Waals surface area contributed by atoms with Crippen molar-refractivity contribution in [3.8, 4) is 0 Å². The number of benzene rings is 2. The Bertz CT molecular complexity index is 979. The van der Waals surface area contributed by atoms with Gasteiger partial charge in [-0.05, 0) is 43.0 Å². The maximum atomic E-state index is 12.5. The van der Waals surface area contributed by atoms with Crippen LogP contribution in [0.5, 0.6) is 0 Å². The van der Waals surface area contributed by atoms with E-state index in [0.717, 1.165) is 25.2 Å². The van der Waals surface area contributed by atoms with Crippen LogP contribution >= 0.6 is 0 Å². The van der Waals surface area contributed by atoms with E-state index in [1.165, 1.54) is 16.7 Å². The van der Waals surface area contributed by atoms with Crippen molar-refractivity contribution in [2.24, 2.45) is 0 Å². The Morgan fingerprint density at radius 3 is 2.21 bits per heavy atom. The van der Waals surface area contributed by atoms with Gasteiger partial charge >= 0.3 is 12.2 Å². The van der Waals surface area contributed by atoms with Crippen LogP contribution < -0.4 is 0 Å². The van der Waals surface area contributed by atoms with Gasteiger partial charge in [-0.2, -0.15) is 0 Å². The Labute approximate surface area is 195 Å². The molecule has 0 aromatic heterocycles. The third kappa shape index (κ3) is 6.26. The molecule has 0 aliphatic carbocycles. The molecule has 2 heterocycles. The standard InChI is InChI=1S/C26H33N3O4/c1-26(2,3)33-25(31)28-13-11-27(12-14-28)16-21-9-10-22-17-29(18-23(22)15-21)24(30)32-19-20-7-5-4-6-8-20/h4-10,15H,11-14,16-19H2,1-3H3. The summed E-state index contributed by atoms with van der Waals surface area (Å²) in [6.45, 7) is 10.9. The number of carbonyl (C=O) groups is 2. The summed E-state index contributed by atoms with van der Waals surface area (Å²) in [6, 6.07) is 16.2. The minimum absolute atomic E-state index is 0.237. The number of fused-ring (bicyclic) bond motifs is 1. The highest BCUT2D eigenvalue weighted by Gasteiger charge is 2.27. The minimum Gasteiger partial charge on any atom is -0.445 e. The molecule has 1 fully saturated rings. The molecule has 7 heteroatoms. The average Bonchev–Trinajstić information content (AvgIpc) is 3.21. The number of hydrogen-bond acceptors (Lipinski definition) is 5. The van der Waals surface area contributed by atoms with Gasteiger partial charge in [0.2, 0.25) is 0 Å². The van der Waals surface area contributed by atoms with E-state index in [2.05, 4.69) is 23.1 Å². The molecule has 2 aromatic rings. The van der Waals surface area contributed by atoms with Crippen molar-refractivity contribution in [2.75, 3.05) is 26.2 Å². The zero-order valence-electron chi connectivity index (χ0n) is 19.8. The lowest BCUT2D eigenvalue weighted by atomic mass is 10.1. The predicted octanol–water partition coefficient (Wildman–Crippen LogP) is 4.39. The first-order chi connectivity index (χ1) is 15.8. The summed E-state index contributed by atoms with van der Waals surface area (Å²) in [7, 11) is 0. The fraction of sp³-hybridized carbons (Fsp3) is 0.462. The molecule has 2 amide bonds. The van der Waals surface area contributed by atoms with E-state index in [1.807, 2.05) is 51.1 Å². The van der Waals surface area contributed by atoms with Crippen molar-refractivity contribution in [3.05, 3.63) is 70.8 Å². The molecule has 33 heavy (non-hydrogen) atoms. The second-order valence-electron chi connectivity index (χ2n) is 9.74. The van der Waals surface area contributed by atoms with E-state index >= 15 is 0 Å². The molecule has 2 aromatic carbocycles. The molecule has 2 aliphatic heterocycles. The van der Waals surface area contributed by atoms with Gasteiger partial charge in [-0.25, -0.2) is 9.59 Å². The number of rotatable bonds is 4. The topological polar surface area (TPSA) is 62.3 Å². The second-order valence-corrected chi connectivity index (χ2v) is 9.74. The molecule has 0 radical (unpaired) electrons. The molecule has 0 bridgehead atoms. The smallest absolute Gasteiger partial charge is 0.410 e. The average molecular weight is 452 g/mol. The lowest BCUT2D eigenvalue weighted by molar-refractivity contribution is 0.0139. The van der Waals surface area contributed by atoms with Crippen molar-refractivity contribution in [1.82, 2.24) is 14.7 Å². The molecule has 0 saturated carbocycles. The summed E-state index contributed by atoms with van der Waals surface area (Å²) in [4.78, 5) is 30.7. The maximum Gasteiger partial charge on any atom is 0.410 e. The first-order valence-electron chi connectivity index (χ1n) is 11.5. The summed E-state index contributed by atoms with van der Waals surface area (Å²) < 4.78 is 11.0. The van der Waals surface area contributed by atoms with Gasteiger partial charge in [-0.15, -0.1) is 0 Å². The monoisotopic (exact) mass is 451 g/mol. The van der Waals surface area contributed by atoms with Crippen LogP contribution in [0.2, 0.25) is 0 Å². The van der Waals surface area contributed by atoms with Crippen LogP contribution in [-0.4, -0.2) is 58.7 Å². The van der Waals surface area contributed by atoms with Gasteiger partial charge in [-0.1, -0.05) is 48.5 Å². The zero-order chi connectivity index (χ0) is 23.4. The molecular weight excluding hydrogens is 418 g/mol. The van der Waals surface area contributed by atoms with Crippen LogP contribution in [-0.2, 0) is 35.7 Å². The van der Waals surface area contributed by atoms with Gasteiger partial charge < -0.3 is 14.4 Å². The molecule has 0 unspecified atom stereocenters. The molecule has 7 nitrogen and oxygen atoms in total. The summed E-state index contributed by atoms with van der Waals surface area (Å²) in [5.74, 6) is 0. The quantitative estimate of drug-likeness (QED) is 0.690. The Balaban J connectivity index is 1.26. The van der Waals surface area contributed by atoms with E-state index in [4.69, 9.17) is 9.47 Å². The number of piperazine rings is 1. The molecular formula is C26H33N3O4. The van der Waals surface area contributed by atoms with Crippen LogP contribution in [0.15, 0.2) is 48.5 Å². The van der Waals surface area contributed by atoms with Gasteiger partial charge in [-0.3, -0.25) is 9.80 Å². The van der Waals surface area contributed by atoms with E-state index in [1.54, 1.807) is 9.80 Å². The number of nitrogens with zero attached hydrogens (tertiary/aromatic N) is 3. The maximum absolute atomic E-state index is 12.5. The van der Waals surface area contributed by atoms with Gasteiger partial charge in [0.15, 0.2) is 0 Å². The minimum atomic E-state index is -0.472. The first-order valence-corrected chi connectivity index (χ1v) is 11.5. The first kappa shape index (κ1) is 23.1. The Morgan fingerprint density at radius 1 is 0.818 bits per heavy atom. The zero-order valence-corrected chi connectivity index (χ0v) is 19.8. The van der Waals surface area contributed by atoms with Gasteiger partial charge in [0.05, 0.1) is 0 Å². The summed E-state index contributed by atoms with van der Waals surface area (Å²) in [5, 5.41) is 0. The lowest BCUT2D eigenvalue weighted by Gasteiger charge is -2.35. The van der Waals surface area contributed by atoms with E-state index in [0.29, 0.717) is 26.2 Å². The second kappa shape index (κ2) is 9.83. The van der Waals surface area contributed by atoms with Crippen molar-refractivity contribution in [3.63, 3.8) is 0 Å². The molecule has 0 atom stereocenters. The van der Waals surface area contributed by atoms with Gasteiger partial charge in [0.25, 0.3) is 0 Å².